The van der Waals surface area contributed by atoms with Crippen LogP contribution in [0.5, 0.6) is 5.75 Å². The minimum Gasteiger partial charge on any atom is -0.497 e. The van der Waals surface area contributed by atoms with Crippen LogP contribution in [0.2, 0.25) is 5.02 Å². The first-order valence-corrected chi connectivity index (χ1v) is 9.46. The van der Waals surface area contributed by atoms with E-state index < -0.39 is 0 Å². The molecule has 2 nitrogen and oxygen atoms in total. The fraction of sp³-hybridized carbons (Fsp3) is 0.364. The van der Waals surface area contributed by atoms with Crippen LogP contribution in [0.25, 0.3) is 5.57 Å². The normalized spacial score (nSPS) is 23.2. The summed E-state index contributed by atoms with van der Waals surface area (Å²) in [6.45, 7) is 1.03. The quantitative estimate of drug-likeness (QED) is 0.713. The number of rotatable bonds is 4. The average Bonchev–Trinajstić information content (AvgIpc) is 2.63. The van der Waals surface area contributed by atoms with Crippen molar-refractivity contribution < 1.29 is 4.74 Å². The molecule has 1 saturated heterocycles. The van der Waals surface area contributed by atoms with Crippen molar-refractivity contribution in [2.24, 2.45) is 0 Å². The monoisotopic (exact) mass is 353 g/mol. The van der Waals surface area contributed by atoms with Gasteiger partial charge in [0.1, 0.15) is 5.75 Å². The number of hydrogen-bond acceptors (Lipinski definition) is 2. The molecule has 0 aliphatic carbocycles. The molecule has 2 aliphatic heterocycles. The Balaban J connectivity index is 1.63. The summed E-state index contributed by atoms with van der Waals surface area (Å²) in [6, 6.07) is 17.9. The minimum absolute atomic E-state index is 0.505. The molecule has 2 aliphatic rings. The molecule has 4 rings (SSSR count). The van der Waals surface area contributed by atoms with E-state index in [1.165, 1.54) is 30.4 Å². The van der Waals surface area contributed by atoms with Crippen molar-refractivity contribution in [3.05, 3.63) is 70.8 Å². The lowest BCUT2D eigenvalue weighted by molar-refractivity contribution is 0.0951. The number of nitrogens with zero attached hydrogens (tertiary/aromatic N) is 1. The molecule has 2 heterocycles. The SMILES string of the molecule is COc1ccc(Cl)c(C2=CC3CCCC(C2)N3Cc2ccccc2)c1. The lowest BCUT2D eigenvalue weighted by Crippen LogP contribution is -2.47. The van der Waals surface area contributed by atoms with Crippen molar-refractivity contribution in [3.63, 3.8) is 0 Å². The van der Waals surface area contributed by atoms with Gasteiger partial charge in [-0.15, -0.1) is 0 Å². The molecule has 2 bridgehead atoms. The largest absolute Gasteiger partial charge is 0.497 e. The predicted molar refractivity (Wildman–Crippen MR) is 104 cm³/mol. The zero-order valence-corrected chi connectivity index (χ0v) is 15.4. The number of benzene rings is 2. The van der Waals surface area contributed by atoms with E-state index in [2.05, 4.69) is 47.4 Å². The van der Waals surface area contributed by atoms with Gasteiger partial charge in [-0.2, -0.15) is 0 Å². The van der Waals surface area contributed by atoms with Gasteiger partial charge in [0.05, 0.1) is 7.11 Å². The number of ether oxygens (including phenoxy) is 1. The number of fused-ring (bicyclic) bond motifs is 2. The first-order chi connectivity index (χ1) is 12.2. The van der Waals surface area contributed by atoms with E-state index in [4.69, 9.17) is 16.3 Å². The molecule has 0 aromatic heterocycles. The van der Waals surface area contributed by atoms with Crippen LogP contribution in [0, 0.1) is 0 Å². The fourth-order valence-corrected chi connectivity index (χ4v) is 4.47. The third kappa shape index (κ3) is 3.47. The molecule has 0 N–H and O–H groups in total. The lowest BCUT2D eigenvalue weighted by atomic mass is 9.82. The Hall–Kier alpha value is -1.77. The molecule has 3 heteroatoms. The van der Waals surface area contributed by atoms with E-state index in [1.54, 1.807) is 7.11 Å². The minimum atomic E-state index is 0.505. The van der Waals surface area contributed by atoms with Crippen LogP contribution in [-0.4, -0.2) is 24.1 Å². The molecule has 0 spiro atoms. The van der Waals surface area contributed by atoms with Crippen LogP contribution in [0.4, 0.5) is 0 Å². The van der Waals surface area contributed by atoms with Crippen molar-refractivity contribution in [2.75, 3.05) is 7.11 Å². The first kappa shape index (κ1) is 16.7. The summed E-state index contributed by atoms with van der Waals surface area (Å²) in [4.78, 5) is 2.68. The number of methoxy groups -OCH3 is 1. The van der Waals surface area contributed by atoms with E-state index in [9.17, 15) is 0 Å². The summed E-state index contributed by atoms with van der Waals surface area (Å²) in [7, 11) is 1.71. The van der Waals surface area contributed by atoms with Gasteiger partial charge < -0.3 is 4.74 Å². The second kappa shape index (κ2) is 7.23. The number of piperidine rings is 1. The molecule has 2 atom stereocenters. The van der Waals surface area contributed by atoms with Crippen LogP contribution in [0.15, 0.2) is 54.6 Å². The Morgan fingerprint density at radius 2 is 1.96 bits per heavy atom. The summed E-state index contributed by atoms with van der Waals surface area (Å²) in [5, 5.41) is 0.821. The zero-order chi connectivity index (χ0) is 17.2. The van der Waals surface area contributed by atoms with Crippen molar-refractivity contribution >= 4 is 17.2 Å². The van der Waals surface area contributed by atoms with Crippen LogP contribution in [0.3, 0.4) is 0 Å². The third-order valence-corrected chi connectivity index (χ3v) is 5.84. The van der Waals surface area contributed by atoms with Crippen LogP contribution in [-0.2, 0) is 6.54 Å². The maximum absolute atomic E-state index is 6.50. The number of hydrogen-bond donors (Lipinski definition) is 0. The van der Waals surface area contributed by atoms with E-state index in [-0.39, 0.29) is 0 Å². The zero-order valence-electron chi connectivity index (χ0n) is 14.6. The lowest BCUT2D eigenvalue weighted by Gasteiger charge is -2.45. The van der Waals surface area contributed by atoms with Gasteiger partial charge in [0.2, 0.25) is 0 Å². The van der Waals surface area contributed by atoms with Gasteiger partial charge in [-0.1, -0.05) is 54.4 Å². The molecular weight excluding hydrogens is 330 g/mol. The van der Waals surface area contributed by atoms with E-state index in [0.717, 1.165) is 29.3 Å². The van der Waals surface area contributed by atoms with E-state index >= 15 is 0 Å². The summed E-state index contributed by atoms with van der Waals surface area (Å²) >= 11 is 6.50. The molecule has 25 heavy (non-hydrogen) atoms. The van der Waals surface area contributed by atoms with E-state index in [0.29, 0.717) is 12.1 Å². The Morgan fingerprint density at radius 1 is 1.12 bits per heavy atom. The Labute approximate surface area is 155 Å². The Bertz CT molecular complexity index is 771. The molecule has 0 amide bonds. The van der Waals surface area contributed by atoms with Crippen LogP contribution in [0.1, 0.15) is 36.8 Å². The molecule has 2 aromatic rings. The average molecular weight is 354 g/mol. The highest BCUT2D eigenvalue weighted by Gasteiger charge is 2.34. The van der Waals surface area contributed by atoms with Gasteiger partial charge in [0, 0.05) is 23.7 Å². The van der Waals surface area contributed by atoms with Gasteiger partial charge in [-0.05, 0) is 54.2 Å². The molecule has 130 valence electrons. The maximum Gasteiger partial charge on any atom is 0.119 e. The van der Waals surface area contributed by atoms with E-state index in [1.807, 2.05) is 12.1 Å². The smallest absolute Gasteiger partial charge is 0.119 e. The summed E-state index contributed by atoms with van der Waals surface area (Å²) < 4.78 is 5.40. The summed E-state index contributed by atoms with van der Waals surface area (Å²) in [5.74, 6) is 0.872. The van der Waals surface area contributed by atoms with Gasteiger partial charge in [0.25, 0.3) is 0 Å². The second-order valence-electron chi connectivity index (χ2n) is 7.05. The highest BCUT2D eigenvalue weighted by atomic mass is 35.5. The van der Waals surface area contributed by atoms with Crippen molar-refractivity contribution in [1.29, 1.82) is 0 Å². The molecule has 0 radical (unpaired) electrons. The molecular formula is C22H24ClNO. The van der Waals surface area contributed by atoms with Crippen LogP contribution < -0.4 is 4.74 Å². The van der Waals surface area contributed by atoms with Gasteiger partial charge in [-0.25, -0.2) is 0 Å². The molecule has 2 unspecified atom stereocenters. The molecule has 1 fully saturated rings. The summed E-state index contributed by atoms with van der Waals surface area (Å²) in [5.41, 5.74) is 3.91. The third-order valence-electron chi connectivity index (χ3n) is 5.51. The van der Waals surface area contributed by atoms with Gasteiger partial charge >= 0.3 is 0 Å². The standard InChI is InChI=1S/C22H24ClNO/c1-25-20-10-11-22(23)21(14-20)17-12-18-8-5-9-19(13-17)24(18)15-16-6-3-2-4-7-16/h2-4,6-7,10-12,14,18-19H,5,8-9,13,15H2,1H3. The summed E-state index contributed by atoms with van der Waals surface area (Å²) in [6.07, 6.45) is 7.32. The Morgan fingerprint density at radius 3 is 2.72 bits per heavy atom. The molecule has 0 saturated carbocycles. The van der Waals surface area contributed by atoms with Crippen LogP contribution >= 0.6 is 11.6 Å². The highest BCUT2D eigenvalue weighted by Crippen LogP contribution is 2.40. The predicted octanol–water partition coefficient (Wildman–Crippen LogP) is 5.56. The first-order valence-electron chi connectivity index (χ1n) is 9.09. The van der Waals surface area contributed by atoms with Crippen molar-refractivity contribution in [3.8, 4) is 5.75 Å². The van der Waals surface area contributed by atoms with Crippen molar-refractivity contribution in [2.45, 2.75) is 44.3 Å². The van der Waals surface area contributed by atoms with Crippen molar-refractivity contribution in [1.82, 2.24) is 4.90 Å². The topological polar surface area (TPSA) is 12.5 Å². The van der Waals surface area contributed by atoms with Gasteiger partial charge in [-0.3, -0.25) is 4.90 Å². The van der Waals surface area contributed by atoms with Gasteiger partial charge in [0.15, 0.2) is 0 Å². The molecule has 2 aromatic carbocycles. The fourth-order valence-electron chi connectivity index (χ4n) is 4.24. The highest BCUT2D eigenvalue weighted by molar-refractivity contribution is 6.32. The number of halogens is 1. The maximum atomic E-state index is 6.50. The Kier molecular flexibility index (Phi) is 4.82. The second-order valence-corrected chi connectivity index (χ2v) is 7.46.